The van der Waals surface area contributed by atoms with E-state index in [-0.39, 0.29) is 5.56 Å². The van der Waals surface area contributed by atoms with Gasteiger partial charge < -0.3 is 4.74 Å². The molecule has 0 fully saturated rings. The first-order chi connectivity index (χ1) is 12.7. The van der Waals surface area contributed by atoms with Crippen LogP contribution in [0, 0.1) is 22.7 Å². The fraction of sp³-hybridized carbons (Fsp3) is 0. The van der Waals surface area contributed by atoms with Crippen LogP contribution in [0.4, 0.5) is 11.4 Å². The molecule has 3 aromatic rings. The minimum absolute atomic E-state index is 0.259. The average molecular weight is 403 g/mol. The zero-order valence-corrected chi connectivity index (χ0v) is 15.0. The molecule has 0 N–H and O–H groups in total. The largest absolute Gasteiger partial charge is 0.455 e. The van der Waals surface area contributed by atoms with Gasteiger partial charge in [0.15, 0.2) is 5.75 Å². The summed E-state index contributed by atoms with van der Waals surface area (Å²) in [6.45, 7) is 0. The Bertz CT molecular complexity index is 1050. The summed E-state index contributed by atoms with van der Waals surface area (Å²) in [6.07, 6.45) is 0. The molecule has 3 rings (SSSR count). The molecule has 0 aliphatic carbocycles. The van der Waals surface area contributed by atoms with E-state index in [4.69, 9.17) is 15.3 Å². The molecule has 124 valence electrons. The van der Waals surface area contributed by atoms with Crippen LogP contribution in [-0.2, 0) is 0 Å². The third kappa shape index (κ3) is 4.13. The number of rotatable bonds is 4. The van der Waals surface area contributed by atoms with Gasteiger partial charge in [0.2, 0.25) is 0 Å². The summed E-state index contributed by atoms with van der Waals surface area (Å²) >= 11 is 3.41. The van der Waals surface area contributed by atoms with Crippen molar-refractivity contribution in [1.82, 2.24) is 0 Å². The van der Waals surface area contributed by atoms with Crippen molar-refractivity contribution < 1.29 is 4.74 Å². The summed E-state index contributed by atoms with van der Waals surface area (Å²) in [5.41, 5.74) is 1.82. The first kappa shape index (κ1) is 17.3. The predicted octanol–water partition coefficient (Wildman–Crippen LogP) is 6.40. The smallest absolute Gasteiger partial charge is 0.155 e. The van der Waals surface area contributed by atoms with Crippen LogP contribution in [0.1, 0.15) is 11.1 Å². The maximum atomic E-state index is 9.14. The summed E-state index contributed by atoms with van der Waals surface area (Å²) in [6, 6.07) is 23.4. The Morgan fingerprint density at radius 1 is 0.808 bits per heavy atom. The molecule has 5 nitrogen and oxygen atoms in total. The number of hydrogen-bond donors (Lipinski definition) is 0. The maximum absolute atomic E-state index is 9.14. The van der Waals surface area contributed by atoms with Crippen molar-refractivity contribution in [3.05, 3.63) is 82.3 Å². The maximum Gasteiger partial charge on any atom is 0.155 e. The highest BCUT2D eigenvalue weighted by Gasteiger charge is 2.09. The minimum Gasteiger partial charge on any atom is -0.455 e. The monoisotopic (exact) mass is 402 g/mol. The first-order valence-corrected chi connectivity index (χ1v) is 8.37. The van der Waals surface area contributed by atoms with Crippen LogP contribution in [-0.4, -0.2) is 0 Å². The fourth-order valence-electron chi connectivity index (χ4n) is 2.17. The fourth-order valence-corrected chi connectivity index (χ4v) is 2.51. The van der Waals surface area contributed by atoms with Crippen LogP contribution < -0.4 is 4.74 Å². The molecule has 0 saturated carbocycles. The van der Waals surface area contributed by atoms with Crippen molar-refractivity contribution in [2.45, 2.75) is 0 Å². The Kier molecular flexibility index (Phi) is 5.38. The molecule has 0 bridgehead atoms. The SMILES string of the molecule is N#Cc1ccc(Oc2ccc(Br)cc2N=Nc2ccccc2)cc1C#N. The third-order valence-corrected chi connectivity index (χ3v) is 3.90. The molecule has 0 atom stereocenters. The van der Waals surface area contributed by atoms with Gasteiger partial charge in [0.05, 0.1) is 16.8 Å². The Balaban J connectivity index is 1.93. The number of ether oxygens (including phenoxy) is 1. The molecule has 0 radical (unpaired) electrons. The van der Waals surface area contributed by atoms with E-state index in [2.05, 4.69) is 26.2 Å². The molecule has 3 aromatic carbocycles. The number of nitrogens with zero attached hydrogens (tertiary/aromatic N) is 4. The molecule has 0 amide bonds. The lowest BCUT2D eigenvalue weighted by Gasteiger charge is -2.09. The molecule has 0 aromatic heterocycles. The van der Waals surface area contributed by atoms with Gasteiger partial charge in [-0.2, -0.15) is 15.6 Å². The number of halogens is 1. The van der Waals surface area contributed by atoms with Crippen LogP contribution in [0.5, 0.6) is 11.5 Å². The number of nitriles is 2. The van der Waals surface area contributed by atoms with E-state index < -0.39 is 0 Å². The average Bonchev–Trinajstić information content (AvgIpc) is 2.68. The number of azo groups is 1. The quantitative estimate of drug-likeness (QED) is 0.473. The Morgan fingerprint density at radius 2 is 1.58 bits per heavy atom. The van der Waals surface area contributed by atoms with E-state index >= 15 is 0 Å². The lowest BCUT2D eigenvalue weighted by Crippen LogP contribution is -1.89. The van der Waals surface area contributed by atoms with Crippen molar-refractivity contribution in [2.24, 2.45) is 10.2 Å². The normalized spacial score (nSPS) is 10.3. The van der Waals surface area contributed by atoms with Gasteiger partial charge >= 0.3 is 0 Å². The molecule has 0 aliphatic rings. The molecular weight excluding hydrogens is 392 g/mol. The Hall–Kier alpha value is -3.48. The van der Waals surface area contributed by atoms with Crippen molar-refractivity contribution in [3.63, 3.8) is 0 Å². The number of hydrogen-bond acceptors (Lipinski definition) is 5. The van der Waals surface area contributed by atoms with E-state index in [9.17, 15) is 0 Å². The highest BCUT2D eigenvalue weighted by Crippen LogP contribution is 2.35. The van der Waals surface area contributed by atoms with Gasteiger partial charge in [0, 0.05) is 4.47 Å². The second-order valence-corrected chi connectivity index (χ2v) is 6.10. The van der Waals surface area contributed by atoms with Gasteiger partial charge in [-0.3, -0.25) is 0 Å². The van der Waals surface area contributed by atoms with Gasteiger partial charge in [-0.15, -0.1) is 5.11 Å². The highest BCUT2D eigenvalue weighted by molar-refractivity contribution is 9.10. The zero-order valence-electron chi connectivity index (χ0n) is 13.4. The summed E-state index contributed by atoms with van der Waals surface area (Å²) in [5.74, 6) is 0.931. The highest BCUT2D eigenvalue weighted by atomic mass is 79.9. The third-order valence-electron chi connectivity index (χ3n) is 3.41. The molecule has 0 saturated heterocycles. The van der Waals surface area contributed by atoms with Gasteiger partial charge in [-0.05, 0) is 48.5 Å². The number of benzene rings is 3. The van der Waals surface area contributed by atoms with Crippen LogP contribution >= 0.6 is 15.9 Å². The van der Waals surface area contributed by atoms with Crippen LogP contribution in [0.15, 0.2) is 81.4 Å². The van der Waals surface area contributed by atoms with Gasteiger partial charge in [0.1, 0.15) is 23.6 Å². The molecule has 6 heteroatoms. The zero-order chi connectivity index (χ0) is 18.4. The van der Waals surface area contributed by atoms with E-state index in [0.29, 0.717) is 22.7 Å². The molecule has 0 heterocycles. The van der Waals surface area contributed by atoms with Gasteiger partial charge in [-0.1, -0.05) is 34.1 Å². The summed E-state index contributed by atoms with van der Waals surface area (Å²) < 4.78 is 6.70. The first-order valence-electron chi connectivity index (χ1n) is 7.58. The van der Waals surface area contributed by atoms with E-state index in [1.54, 1.807) is 24.3 Å². The molecule has 0 spiro atoms. The molecule has 0 aliphatic heterocycles. The van der Waals surface area contributed by atoms with Crippen molar-refractivity contribution in [3.8, 4) is 23.6 Å². The van der Waals surface area contributed by atoms with E-state index in [0.717, 1.165) is 10.2 Å². The van der Waals surface area contributed by atoms with Crippen LogP contribution in [0.2, 0.25) is 0 Å². The Labute approximate surface area is 158 Å². The lowest BCUT2D eigenvalue weighted by atomic mass is 10.1. The van der Waals surface area contributed by atoms with Crippen LogP contribution in [0.25, 0.3) is 0 Å². The van der Waals surface area contributed by atoms with Crippen molar-refractivity contribution in [2.75, 3.05) is 0 Å². The Morgan fingerprint density at radius 3 is 2.31 bits per heavy atom. The van der Waals surface area contributed by atoms with E-state index in [1.165, 1.54) is 6.07 Å². The minimum atomic E-state index is 0.259. The predicted molar refractivity (Wildman–Crippen MR) is 101 cm³/mol. The van der Waals surface area contributed by atoms with E-state index in [1.807, 2.05) is 48.5 Å². The van der Waals surface area contributed by atoms with Crippen LogP contribution in [0.3, 0.4) is 0 Å². The second-order valence-electron chi connectivity index (χ2n) is 5.18. The molecule has 0 unspecified atom stereocenters. The van der Waals surface area contributed by atoms with Crippen molar-refractivity contribution in [1.29, 1.82) is 10.5 Å². The van der Waals surface area contributed by atoms with Gasteiger partial charge in [0.25, 0.3) is 0 Å². The summed E-state index contributed by atoms with van der Waals surface area (Å²) in [5, 5.41) is 26.6. The topological polar surface area (TPSA) is 81.5 Å². The lowest BCUT2D eigenvalue weighted by molar-refractivity contribution is 0.483. The summed E-state index contributed by atoms with van der Waals surface area (Å²) in [4.78, 5) is 0. The van der Waals surface area contributed by atoms with Gasteiger partial charge in [-0.25, -0.2) is 0 Å². The van der Waals surface area contributed by atoms with Crippen molar-refractivity contribution >= 4 is 27.3 Å². The molecule has 26 heavy (non-hydrogen) atoms. The molecular formula is C20H11BrN4O. The standard InChI is InChI=1S/C20H11BrN4O/c21-16-7-9-20(19(11-16)25-24-17-4-2-1-3-5-17)26-18-8-6-14(12-22)15(10-18)13-23/h1-11H. The summed E-state index contributed by atoms with van der Waals surface area (Å²) in [7, 11) is 0. The second kappa shape index (κ2) is 8.06.